The number of nitrogens with one attached hydrogen (secondary N) is 1. The molecule has 2 aromatic carbocycles. The molecule has 0 atom stereocenters. The summed E-state index contributed by atoms with van der Waals surface area (Å²) in [6, 6.07) is 7.08. The van der Waals surface area contributed by atoms with E-state index in [1.165, 1.54) is 6.21 Å². The molecule has 0 aliphatic carbocycles. The zero-order valence-electron chi connectivity index (χ0n) is 13.4. The first-order chi connectivity index (χ1) is 11.8. The molecule has 2 aromatic rings. The quantitative estimate of drug-likeness (QED) is 0.426. The van der Waals surface area contributed by atoms with Gasteiger partial charge in [0, 0.05) is 4.47 Å². The molecule has 0 fully saturated rings. The van der Waals surface area contributed by atoms with E-state index in [1.54, 1.807) is 12.1 Å². The van der Waals surface area contributed by atoms with Crippen molar-refractivity contribution in [1.29, 1.82) is 0 Å². The number of benzene rings is 2. The normalized spacial score (nSPS) is 10.9. The third-order valence-corrected chi connectivity index (χ3v) is 5.68. The molecule has 0 radical (unpaired) electrons. The van der Waals surface area contributed by atoms with Gasteiger partial charge in [0.25, 0.3) is 5.91 Å². The Kier molecular flexibility index (Phi) is 7.04. The lowest BCUT2D eigenvalue weighted by Gasteiger charge is -2.09. The minimum absolute atomic E-state index is 0.106. The van der Waals surface area contributed by atoms with E-state index in [-0.39, 0.29) is 18.3 Å². The fourth-order valence-electron chi connectivity index (χ4n) is 2.01. The molecule has 0 unspecified atom stereocenters. The zero-order valence-corrected chi connectivity index (χ0v) is 18.2. The van der Waals surface area contributed by atoms with Crippen LogP contribution in [0.15, 0.2) is 42.8 Å². The minimum atomic E-state index is -0.369. The molecule has 0 aliphatic heterocycles. The standard InChI is InChI=1S/C17H15Br3N2O3/c1-9-3-12(4-10(2)16(9)20)25-8-15(23)22-21-7-11-5-13(18)17(24)14(19)6-11/h3-7,24H,8H2,1-2H3,(H,22,23). The molecular formula is C17H15Br3N2O3. The van der Waals surface area contributed by atoms with Gasteiger partial charge in [0.15, 0.2) is 6.61 Å². The Morgan fingerprint density at radius 1 is 1.16 bits per heavy atom. The number of carbonyl (C=O) groups excluding carboxylic acids is 1. The van der Waals surface area contributed by atoms with Crippen molar-refractivity contribution < 1.29 is 14.6 Å². The first-order valence-electron chi connectivity index (χ1n) is 7.17. The van der Waals surface area contributed by atoms with Crippen LogP contribution in [0.3, 0.4) is 0 Å². The van der Waals surface area contributed by atoms with Crippen LogP contribution in [0.2, 0.25) is 0 Å². The third kappa shape index (κ3) is 5.55. The second-order valence-electron chi connectivity index (χ2n) is 5.29. The molecule has 132 valence electrons. The monoisotopic (exact) mass is 532 g/mol. The Hall–Kier alpha value is -1.38. The molecule has 2 N–H and O–H groups in total. The zero-order chi connectivity index (χ0) is 18.6. The van der Waals surface area contributed by atoms with Gasteiger partial charge in [-0.2, -0.15) is 5.10 Å². The molecule has 2 rings (SSSR count). The van der Waals surface area contributed by atoms with Crippen molar-refractivity contribution in [3.63, 3.8) is 0 Å². The summed E-state index contributed by atoms with van der Waals surface area (Å²) in [4.78, 5) is 11.8. The van der Waals surface area contributed by atoms with Crippen LogP contribution in [0.5, 0.6) is 11.5 Å². The van der Waals surface area contributed by atoms with Gasteiger partial charge in [-0.25, -0.2) is 5.43 Å². The highest BCUT2D eigenvalue weighted by atomic mass is 79.9. The lowest BCUT2D eigenvalue weighted by molar-refractivity contribution is -0.123. The summed E-state index contributed by atoms with van der Waals surface area (Å²) in [6.07, 6.45) is 1.47. The van der Waals surface area contributed by atoms with Crippen molar-refractivity contribution in [3.05, 3.63) is 54.4 Å². The van der Waals surface area contributed by atoms with Crippen molar-refractivity contribution in [2.75, 3.05) is 6.61 Å². The average Bonchev–Trinajstić information content (AvgIpc) is 2.55. The van der Waals surface area contributed by atoms with Gasteiger partial charge in [0.05, 0.1) is 15.2 Å². The van der Waals surface area contributed by atoms with E-state index in [9.17, 15) is 9.90 Å². The Morgan fingerprint density at radius 3 is 2.28 bits per heavy atom. The van der Waals surface area contributed by atoms with Crippen LogP contribution < -0.4 is 10.2 Å². The number of phenolic OH excluding ortho intramolecular Hbond substituents is 1. The Morgan fingerprint density at radius 2 is 1.72 bits per heavy atom. The van der Waals surface area contributed by atoms with Gasteiger partial charge in [0.1, 0.15) is 11.5 Å². The molecule has 8 heteroatoms. The number of aryl methyl sites for hydroxylation is 2. The summed E-state index contributed by atoms with van der Waals surface area (Å²) in [5.41, 5.74) is 5.18. The average molecular weight is 535 g/mol. The number of hydrogen-bond donors (Lipinski definition) is 2. The van der Waals surface area contributed by atoms with Gasteiger partial charge in [-0.05, 0) is 86.7 Å². The first-order valence-corrected chi connectivity index (χ1v) is 9.55. The smallest absolute Gasteiger partial charge is 0.277 e. The number of halogens is 3. The van der Waals surface area contributed by atoms with Crippen LogP contribution in [-0.2, 0) is 4.79 Å². The fourth-order valence-corrected chi connectivity index (χ4v) is 3.46. The van der Waals surface area contributed by atoms with Crippen LogP contribution in [0.4, 0.5) is 0 Å². The van der Waals surface area contributed by atoms with E-state index in [2.05, 4.69) is 58.3 Å². The number of rotatable bonds is 5. The van der Waals surface area contributed by atoms with Crippen molar-refractivity contribution in [1.82, 2.24) is 5.43 Å². The van der Waals surface area contributed by atoms with Crippen LogP contribution in [0.25, 0.3) is 0 Å². The number of hydrazone groups is 1. The number of ether oxygens (including phenoxy) is 1. The minimum Gasteiger partial charge on any atom is -0.506 e. The Labute approximate surface area is 170 Å². The SMILES string of the molecule is Cc1cc(OCC(=O)NN=Cc2cc(Br)c(O)c(Br)c2)cc(C)c1Br. The number of nitrogens with zero attached hydrogens (tertiary/aromatic N) is 1. The topological polar surface area (TPSA) is 70.9 Å². The molecule has 0 spiro atoms. The van der Waals surface area contributed by atoms with Crippen LogP contribution in [0, 0.1) is 13.8 Å². The van der Waals surface area contributed by atoms with Gasteiger partial charge in [-0.1, -0.05) is 15.9 Å². The van der Waals surface area contributed by atoms with E-state index in [4.69, 9.17) is 4.74 Å². The van der Waals surface area contributed by atoms with Gasteiger partial charge in [0.2, 0.25) is 0 Å². The molecule has 0 aromatic heterocycles. The van der Waals surface area contributed by atoms with Crippen molar-refractivity contribution in [3.8, 4) is 11.5 Å². The molecule has 1 amide bonds. The van der Waals surface area contributed by atoms with E-state index >= 15 is 0 Å². The predicted octanol–water partition coefficient (Wildman–Crippen LogP) is 4.83. The predicted molar refractivity (Wildman–Crippen MR) is 108 cm³/mol. The molecule has 0 heterocycles. The lowest BCUT2D eigenvalue weighted by Crippen LogP contribution is -2.24. The molecule has 0 saturated carbocycles. The second kappa shape index (κ2) is 8.82. The number of amides is 1. The second-order valence-corrected chi connectivity index (χ2v) is 7.79. The number of hydrogen-bond acceptors (Lipinski definition) is 4. The number of carbonyl (C=O) groups is 1. The van der Waals surface area contributed by atoms with Gasteiger partial charge in [-0.15, -0.1) is 0 Å². The molecule has 25 heavy (non-hydrogen) atoms. The fraction of sp³-hybridized carbons (Fsp3) is 0.176. The van der Waals surface area contributed by atoms with Crippen molar-refractivity contribution in [2.24, 2.45) is 5.10 Å². The maximum atomic E-state index is 11.8. The summed E-state index contributed by atoms with van der Waals surface area (Å²) in [7, 11) is 0. The highest BCUT2D eigenvalue weighted by molar-refractivity contribution is 9.11. The van der Waals surface area contributed by atoms with Gasteiger partial charge in [-0.3, -0.25) is 4.79 Å². The first kappa shape index (κ1) is 19.9. The highest BCUT2D eigenvalue weighted by Crippen LogP contribution is 2.32. The highest BCUT2D eigenvalue weighted by Gasteiger charge is 2.07. The summed E-state index contributed by atoms with van der Waals surface area (Å²) in [5, 5.41) is 13.5. The maximum absolute atomic E-state index is 11.8. The van der Waals surface area contributed by atoms with Crippen LogP contribution >= 0.6 is 47.8 Å². The summed E-state index contributed by atoms with van der Waals surface area (Å²) in [5.74, 6) is 0.366. The third-order valence-electron chi connectivity index (χ3n) is 3.22. The van der Waals surface area contributed by atoms with Crippen LogP contribution in [-0.4, -0.2) is 23.8 Å². The summed E-state index contributed by atoms with van der Waals surface area (Å²) >= 11 is 9.95. The molecule has 0 bridgehead atoms. The summed E-state index contributed by atoms with van der Waals surface area (Å²) in [6.45, 7) is 3.78. The molecule has 0 aliphatic rings. The molecular weight excluding hydrogens is 520 g/mol. The lowest BCUT2D eigenvalue weighted by atomic mass is 10.1. The van der Waals surface area contributed by atoms with E-state index in [0.717, 1.165) is 15.6 Å². The number of phenols is 1. The van der Waals surface area contributed by atoms with Crippen LogP contribution in [0.1, 0.15) is 16.7 Å². The largest absolute Gasteiger partial charge is 0.506 e. The Balaban J connectivity index is 1.91. The Bertz CT molecular complexity index is 792. The maximum Gasteiger partial charge on any atom is 0.277 e. The van der Waals surface area contributed by atoms with Gasteiger partial charge < -0.3 is 9.84 Å². The van der Waals surface area contributed by atoms with E-state index in [1.807, 2.05) is 26.0 Å². The molecule has 0 saturated heterocycles. The summed E-state index contributed by atoms with van der Waals surface area (Å²) < 4.78 is 7.57. The number of aromatic hydroxyl groups is 1. The van der Waals surface area contributed by atoms with E-state index in [0.29, 0.717) is 20.3 Å². The van der Waals surface area contributed by atoms with Gasteiger partial charge >= 0.3 is 0 Å². The van der Waals surface area contributed by atoms with Crippen molar-refractivity contribution in [2.45, 2.75) is 13.8 Å². The van der Waals surface area contributed by atoms with Crippen molar-refractivity contribution >= 4 is 59.9 Å². The molecule has 5 nitrogen and oxygen atoms in total. The van der Waals surface area contributed by atoms with E-state index < -0.39 is 0 Å².